The molecule has 0 aromatic rings. The fourth-order valence-electron chi connectivity index (χ4n) is 2.24. The number of carbonyl (C=O) groups excluding carboxylic acids is 2. The second-order valence-electron chi connectivity index (χ2n) is 6.06. The number of amides is 1. The Balaban J connectivity index is 2.65. The highest BCUT2D eigenvalue weighted by molar-refractivity contribution is 5.73. The fraction of sp³-hybridized carbons (Fsp3) is 0.846. The van der Waals surface area contributed by atoms with E-state index in [2.05, 4.69) is 10.1 Å². The van der Waals surface area contributed by atoms with Crippen LogP contribution in [0.1, 0.15) is 40.0 Å². The van der Waals surface area contributed by atoms with Crippen molar-refractivity contribution in [3.05, 3.63) is 0 Å². The minimum absolute atomic E-state index is 0.126. The van der Waals surface area contributed by atoms with E-state index in [1.165, 1.54) is 0 Å². The van der Waals surface area contributed by atoms with Crippen LogP contribution in [0.25, 0.3) is 0 Å². The summed E-state index contributed by atoms with van der Waals surface area (Å²) < 4.78 is 36.7. The molecule has 1 N–H and O–H groups in total. The molecule has 0 unspecified atom stereocenters. The van der Waals surface area contributed by atoms with E-state index in [-0.39, 0.29) is 6.42 Å². The molecule has 0 heterocycles. The first kappa shape index (κ1) is 16.7. The van der Waals surface area contributed by atoms with Crippen molar-refractivity contribution in [3.8, 4) is 0 Å². The van der Waals surface area contributed by atoms with E-state index in [4.69, 9.17) is 4.74 Å². The monoisotopic (exact) mass is 293 g/mol. The number of rotatable bonds is 2. The van der Waals surface area contributed by atoms with Gasteiger partial charge in [0.05, 0.1) is 13.0 Å². The maximum Gasteiger partial charge on any atom is 0.407 e. The molecule has 5 nitrogen and oxygen atoms in total. The fourth-order valence-corrected chi connectivity index (χ4v) is 2.24. The summed E-state index contributed by atoms with van der Waals surface area (Å²) in [4.78, 5) is 23.0. The van der Waals surface area contributed by atoms with Crippen LogP contribution in [0.5, 0.6) is 0 Å². The Kier molecular flexibility index (Phi) is 4.94. The molecule has 1 saturated carbocycles. The summed E-state index contributed by atoms with van der Waals surface area (Å²) in [5, 5.41) is 2.39. The van der Waals surface area contributed by atoms with Crippen molar-refractivity contribution in [2.75, 3.05) is 7.11 Å². The molecule has 1 rings (SSSR count). The van der Waals surface area contributed by atoms with Crippen LogP contribution in [0.2, 0.25) is 0 Å². The van der Waals surface area contributed by atoms with Gasteiger partial charge in [-0.15, -0.1) is 0 Å². The van der Waals surface area contributed by atoms with E-state index >= 15 is 0 Å². The minimum atomic E-state index is -3.00. The van der Waals surface area contributed by atoms with Crippen LogP contribution in [-0.2, 0) is 14.3 Å². The van der Waals surface area contributed by atoms with Gasteiger partial charge in [0, 0.05) is 18.9 Å². The quantitative estimate of drug-likeness (QED) is 0.794. The van der Waals surface area contributed by atoms with Gasteiger partial charge in [0.15, 0.2) is 0 Å². The number of carbonyl (C=O) groups is 2. The van der Waals surface area contributed by atoms with E-state index in [1.807, 2.05) is 0 Å². The van der Waals surface area contributed by atoms with E-state index in [0.29, 0.717) is 0 Å². The molecule has 1 aliphatic carbocycles. The Bertz CT molecular complexity index is 379. The third-order valence-electron chi connectivity index (χ3n) is 2.91. The van der Waals surface area contributed by atoms with Crippen molar-refractivity contribution < 1.29 is 27.8 Å². The van der Waals surface area contributed by atoms with Gasteiger partial charge in [-0.05, 0) is 27.2 Å². The molecule has 0 saturated heterocycles. The van der Waals surface area contributed by atoms with Gasteiger partial charge in [0.2, 0.25) is 0 Å². The van der Waals surface area contributed by atoms with Crippen LogP contribution < -0.4 is 5.32 Å². The number of methoxy groups -OCH3 is 1. The summed E-state index contributed by atoms with van der Waals surface area (Å²) in [7, 11) is 1.16. The van der Waals surface area contributed by atoms with Gasteiger partial charge in [-0.3, -0.25) is 4.79 Å². The Morgan fingerprint density at radius 2 is 1.85 bits per heavy atom. The van der Waals surface area contributed by atoms with Crippen LogP contribution >= 0.6 is 0 Å². The molecule has 1 amide bonds. The molecule has 7 heteroatoms. The SMILES string of the molecule is COC(=O)[C@H]1C[C@@H](NC(=O)OC(C)(C)C)CC(F)(F)C1. The number of esters is 1. The molecule has 0 aromatic carbocycles. The number of nitrogens with one attached hydrogen (secondary N) is 1. The van der Waals surface area contributed by atoms with E-state index < -0.39 is 48.4 Å². The van der Waals surface area contributed by atoms with Gasteiger partial charge in [0.25, 0.3) is 5.92 Å². The summed E-state index contributed by atoms with van der Waals surface area (Å²) in [6.45, 7) is 5.04. The van der Waals surface area contributed by atoms with Gasteiger partial charge < -0.3 is 14.8 Å². The van der Waals surface area contributed by atoms with Crippen molar-refractivity contribution in [1.82, 2.24) is 5.32 Å². The highest BCUT2D eigenvalue weighted by atomic mass is 19.3. The number of alkyl halides is 2. The average molecular weight is 293 g/mol. The lowest BCUT2D eigenvalue weighted by atomic mass is 9.83. The number of ether oxygens (including phenoxy) is 2. The van der Waals surface area contributed by atoms with Crippen LogP contribution in [0.4, 0.5) is 13.6 Å². The lowest BCUT2D eigenvalue weighted by molar-refractivity contribution is -0.153. The van der Waals surface area contributed by atoms with Gasteiger partial charge in [-0.1, -0.05) is 0 Å². The standard InChI is InChI=1S/C13H21F2NO4/c1-12(2,3)20-11(18)16-9-5-8(10(17)19-4)6-13(14,15)7-9/h8-9H,5-7H2,1-4H3,(H,16,18)/t8-,9+/m0/s1. The van der Waals surface area contributed by atoms with Gasteiger partial charge >= 0.3 is 12.1 Å². The Morgan fingerprint density at radius 3 is 2.35 bits per heavy atom. The summed E-state index contributed by atoms with van der Waals surface area (Å²) in [6, 6.07) is -0.808. The first-order chi connectivity index (χ1) is 9.02. The third kappa shape index (κ3) is 5.30. The zero-order valence-corrected chi connectivity index (χ0v) is 12.2. The first-order valence-electron chi connectivity index (χ1n) is 6.47. The number of halogens is 2. The molecule has 2 atom stereocenters. The van der Waals surface area contributed by atoms with Gasteiger partial charge in [0.1, 0.15) is 5.60 Å². The average Bonchev–Trinajstić information content (AvgIpc) is 2.22. The molecule has 20 heavy (non-hydrogen) atoms. The smallest absolute Gasteiger partial charge is 0.407 e. The molecule has 0 aliphatic heterocycles. The summed E-state index contributed by atoms with van der Waals surface area (Å²) in [5.41, 5.74) is -0.705. The molecular weight excluding hydrogens is 272 g/mol. The predicted octanol–water partition coefficient (Wildman–Crippen LogP) is 2.49. The Labute approximate surface area is 117 Å². The van der Waals surface area contributed by atoms with Crippen molar-refractivity contribution in [1.29, 1.82) is 0 Å². The van der Waals surface area contributed by atoms with Crippen molar-refractivity contribution in [2.24, 2.45) is 5.92 Å². The lowest BCUT2D eigenvalue weighted by Gasteiger charge is -2.34. The third-order valence-corrected chi connectivity index (χ3v) is 2.91. The predicted molar refractivity (Wildman–Crippen MR) is 67.5 cm³/mol. The van der Waals surface area contributed by atoms with Gasteiger partial charge in [-0.25, -0.2) is 13.6 Å². The van der Waals surface area contributed by atoms with Crippen molar-refractivity contribution in [3.63, 3.8) is 0 Å². The Hall–Kier alpha value is -1.40. The number of hydrogen-bond acceptors (Lipinski definition) is 4. The van der Waals surface area contributed by atoms with Crippen LogP contribution in [0, 0.1) is 5.92 Å². The molecule has 1 aliphatic rings. The topological polar surface area (TPSA) is 64.6 Å². The van der Waals surface area contributed by atoms with Gasteiger partial charge in [-0.2, -0.15) is 0 Å². The summed E-state index contributed by atoms with van der Waals surface area (Å²) in [6.07, 6.45) is -1.68. The molecule has 0 bridgehead atoms. The molecule has 116 valence electrons. The van der Waals surface area contributed by atoms with Crippen LogP contribution in [0.15, 0.2) is 0 Å². The molecule has 0 spiro atoms. The lowest BCUT2D eigenvalue weighted by Crippen LogP contribution is -2.47. The van der Waals surface area contributed by atoms with Crippen molar-refractivity contribution >= 4 is 12.1 Å². The zero-order chi connectivity index (χ0) is 15.6. The van der Waals surface area contributed by atoms with Crippen LogP contribution in [0.3, 0.4) is 0 Å². The minimum Gasteiger partial charge on any atom is -0.469 e. The largest absolute Gasteiger partial charge is 0.469 e. The van der Waals surface area contributed by atoms with E-state index in [9.17, 15) is 18.4 Å². The summed E-state index contributed by atoms with van der Waals surface area (Å²) in [5.74, 6) is -4.60. The molecule has 0 aromatic heterocycles. The summed E-state index contributed by atoms with van der Waals surface area (Å²) >= 11 is 0. The highest BCUT2D eigenvalue weighted by Gasteiger charge is 2.45. The second-order valence-corrected chi connectivity index (χ2v) is 6.06. The zero-order valence-electron chi connectivity index (χ0n) is 12.2. The molecule has 0 radical (unpaired) electrons. The highest BCUT2D eigenvalue weighted by Crippen LogP contribution is 2.37. The van der Waals surface area contributed by atoms with E-state index in [0.717, 1.165) is 7.11 Å². The maximum absolute atomic E-state index is 13.6. The van der Waals surface area contributed by atoms with Crippen molar-refractivity contribution in [2.45, 2.75) is 57.6 Å². The second kappa shape index (κ2) is 5.93. The Morgan fingerprint density at radius 1 is 1.25 bits per heavy atom. The van der Waals surface area contributed by atoms with E-state index in [1.54, 1.807) is 20.8 Å². The normalized spacial score (nSPS) is 25.7. The number of alkyl carbamates (subject to hydrolysis) is 1. The molecule has 1 fully saturated rings. The number of hydrogen-bond donors (Lipinski definition) is 1. The maximum atomic E-state index is 13.6. The first-order valence-corrected chi connectivity index (χ1v) is 6.47. The van der Waals surface area contributed by atoms with Crippen LogP contribution in [-0.4, -0.2) is 36.7 Å². The molecular formula is C13H21F2NO4.